The molecule has 3 rings (SSSR count). The number of carbonyl (C=O) groups excluding carboxylic acids is 1. The zero-order chi connectivity index (χ0) is 17.8. The summed E-state index contributed by atoms with van der Waals surface area (Å²) in [6.45, 7) is 1.97. The van der Waals surface area contributed by atoms with E-state index in [-0.39, 0.29) is 0 Å². The minimum absolute atomic E-state index is 0.506. The zero-order valence-electron chi connectivity index (χ0n) is 13.7. The van der Waals surface area contributed by atoms with Crippen molar-refractivity contribution in [2.75, 3.05) is 0 Å². The van der Waals surface area contributed by atoms with E-state index in [9.17, 15) is 13.6 Å². The molecular weight excluding hydrogens is 320 g/mol. The summed E-state index contributed by atoms with van der Waals surface area (Å²) in [5, 5.41) is 2.75. The lowest BCUT2D eigenvalue weighted by molar-refractivity contribution is 0.0934. The highest BCUT2D eigenvalue weighted by Crippen LogP contribution is 2.24. The third-order valence-corrected chi connectivity index (χ3v) is 4.01. The van der Waals surface area contributed by atoms with Crippen LogP contribution in [0, 0.1) is 18.6 Å². The first kappa shape index (κ1) is 16.8. The van der Waals surface area contributed by atoms with Crippen molar-refractivity contribution in [2.24, 2.45) is 0 Å². The van der Waals surface area contributed by atoms with Gasteiger partial charge in [-0.05, 0) is 30.2 Å². The fraction of sp³-hybridized carbons (Fsp3) is 0.0952. The smallest absolute Gasteiger partial charge is 0.258 e. The molecule has 3 aromatic carbocycles. The zero-order valence-corrected chi connectivity index (χ0v) is 13.7. The SMILES string of the molecule is Cc1ccc(C(NC(=O)c2c(F)cccc2F)c2ccccc2)cc1. The monoisotopic (exact) mass is 337 g/mol. The number of halogens is 2. The minimum atomic E-state index is -0.881. The highest BCUT2D eigenvalue weighted by molar-refractivity contribution is 5.95. The Morgan fingerprint density at radius 2 is 1.36 bits per heavy atom. The number of hydrogen-bond acceptors (Lipinski definition) is 1. The summed E-state index contributed by atoms with van der Waals surface area (Å²) in [4.78, 5) is 12.5. The van der Waals surface area contributed by atoms with Gasteiger partial charge in [0.1, 0.15) is 17.2 Å². The molecule has 1 N–H and O–H groups in total. The van der Waals surface area contributed by atoms with Gasteiger partial charge in [-0.15, -0.1) is 0 Å². The van der Waals surface area contributed by atoms with E-state index < -0.39 is 29.1 Å². The van der Waals surface area contributed by atoms with Crippen LogP contribution in [0.25, 0.3) is 0 Å². The quantitative estimate of drug-likeness (QED) is 0.728. The molecule has 126 valence electrons. The molecule has 0 spiro atoms. The number of amides is 1. The minimum Gasteiger partial charge on any atom is -0.341 e. The van der Waals surface area contributed by atoms with Crippen LogP contribution in [0.4, 0.5) is 8.78 Å². The van der Waals surface area contributed by atoms with Crippen molar-refractivity contribution in [1.82, 2.24) is 5.32 Å². The largest absolute Gasteiger partial charge is 0.341 e. The summed E-state index contributed by atoms with van der Waals surface area (Å²) in [5.41, 5.74) is 2.18. The van der Waals surface area contributed by atoms with Gasteiger partial charge in [0.25, 0.3) is 5.91 Å². The molecule has 0 aromatic heterocycles. The second kappa shape index (κ2) is 7.26. The van der Waals surface area contributed by atoms with E-state index in [2.05, 4.69) is 5.32 Å². The first-order valence-electron chi connectivity index (χ1n) is 7.92. The number of rotatable bonds is 4. The van der Waals surface area contributed by atoms with Gasteiger partial charge in [0, 0.05) is 0 Å². The van der Waals surface area contributed by atoms with Crippen LogP contribution in [0.15, 0.2) is 72.8 Å². The standard InChI is InChI=1S/C21H17F2NO/c1-14-10-12-16(13-11-14)20(15-6-3-2-4-7-15)24-21(25)19-17(22)8-5-9-18(19)23/h2-13,20H,1H3,(H,24,25). The van der Waals surface area contributed by atoms with Gasteiger partial charge in [-0.1, -0.05) is 66.2 Å². The Balaban J connectivity index is 1.98. The number of benzene rings is 3. The van der Waals surface area contributed by atoms with Gasteiger partial charge in [0.05, 0.1) is 6.04 Å². The fourth-order valence-electron chi connectivity index (χ4n) is 2.68. The van der Waals surface area contributed by atoms with E-state index in [1.165, 1.54) is 6.07 Å². The lowest BCUT2D eigenvalue weighted by Crippen LogP contribution is -2.30. The van der Waals surface area contributed by atoms with Crippen LogP contribution in [-0.2, 0) is 0 Å². The maximum atomic E-state index is 13.9. The molecule has 0 heterocycles. The predicted molar refractivity (Wildman–Crippen MR) is 93.3 cm³/mol. The van der Waals surface area contributed by atoms with Crippen molar-refractivity contribution in [3.63, 3.8) is 0 Å². The maximum absolute atomic E-state index is 13.9. The topological polar surface area (TPSA) is 29.1 Å². The van der Waals surface area contributed by atoms with Gasteiger partial charge in [0.2, 0.25) is 0 Å². The second-order valence-electron chi connectivity index (χ2n) is 5.82. The molecule has 0 aliphatic carbocycles. The van der Waals surface area contributed by atoms with Crippen molar-refractivity contribution < 1.29 is 13.6 Å². The fourth-order valence-corrected chi connectivity index (χ4v) is 2.68. The number of hydrogen-bond donors (Lipinski definition) is 1. The third kappa shape index (κ3) is 3.74. The van der Waals surface area contributed by atoms with E-state index in [4.69, 9.17) is 0 Å². The molecule has 1 unspecified atom stereocenters. The van der Waals surface area contributed by atoms with E-state index in [1.54, 1.807) is 0 Å². The molecule has 0 aliphatic rings. The highest BCUT2D eigenvalue weighted by Gasteiger charge is 2.22. The van der Waals surface area contributed by atoms with E-state index >= 15 is 0 Å². The molecule has 0 saturated carbocycles. The van der Waals surface area contributed by atoms with Crippen molar-refractivity contribution in [3.05, 3.63) is 107 Å². The maximum Gasteiger partial charge on any atom is 0.258 e. The van der Waals surface area contributed by atoms with Gasteiger partial charge in [-0.3, -0.25) is 4.79 Å². The van der Waals surface area contributed by atoms with Gasteiger partial charge >= 0.3 is 0 Å². The average Bonchev–Trinajstić information content (AvgIpc) is 2.61. The molecule has 0 saturated heterocycles. The van der Waals surface area contributed by atoms with Crippen LogP contribution >= 0.6 is 0 Å². The highest BCUT2D eigenvalue weighted by atomic mass is 19.1. The van der Waals surface area contributed by atoms with Crippen molar-refractivity contribution in [1.29, 1.82) is 0 Å². The number of carbonyl (C=O) groups is 1. The van der Waals surface area contributed by atoms with Gasteiger partial charge in [-0.2, -0.15) is 0 Å². The van der Waals surface area contributed by atoms with Gasteiger partial charge < -0.3 is 5.32 Å². The lowest BCUT2D eigenvalue weighted by atomic mass is 9.97. The van der Waals surface area contributed by atoms with Crippen molar-refractivity contribution in [3.8, 4) is 0 Å². The lowest BCUT2D eigenvalue weighted by Gasteiger charge is -2.20. The first-order chi connectivity index (χ1) is 12.1. The molecule has 0 radical (unpaired) electrons. The van der Waals surface area contributed by atoms with Crippen LogP contribution in [-0.4, -0.2) is 5.91 Å². The summed E-state index contributed by atoms with van der Waals surface area (Å²) in [5.74, 6) is -2.55. The Hall–Kier alpha value is -3.01. The first-order valence-corrected chi connectivity index (χ1v) is 7.92. The summed E-state index contributed by atoms with van der Waals surface area (Å²) < 4.78 is 27.8. The Kier molecular flexibility index (Phi) is 4.89. The Bertz CT molecular complexity index is 856. The molecule has 4 heteroatoms. The molecule has 2 nitrogen and oxygen atoms in total. The normalized spacial score (nSPS) is 11.8. The number of nitrogens with one attached hydrogen (secondary N) is 1. The Morgan fingerprint density at radius 1 is 0.800 bits per heavy atom. The Morgan fingerprint density at radius 3 is 1.96 bits per heavy atom. The molecule has 3 aromatic rings. The van der Waals surface area contributed by atoms with E-state index in [0.717, 1.165) is 28.8 Å². The predicted octanol–water partition coefficient (Wildman–Crippen LogP) is 4.79. The third-order valence-electron chi connectivity index (χ3n) is 4.01. The second-order valence-corrected chi connectivity index (χ2v) is 5.82. The van der Waals surface area contributed by atoms with Crippen LogP contribution in [0.5, 0.6) is 0 Å². The molecule has 0 aliphatic heterocycles. The van der Waals surface area contributed by atoms with Crippen LogP contribution in [0.3, 0.4) is 0 Å². The summed E-state index contributed by atoms with van der Waals surface area (Å²) >= 11 is 0. The molecule has 1 atom stereocenters. The Labute approximate surface area is 145 Å². The molecule has 25 heavy (non-hydrogen) atoms. The molecular formula is C21H17F2NO. The summed E-state index contributed by atoms with van der Waals surface area (Å²) in [6, 6.07) is 19.8. The van der Waals surface area contributed by atoms with Crippen molar-refractivity contribution in [2.45, 2.75) is 13.0 Å². The van der Waals surface area contributed by atoms with Crippen LogP contribution in [0.2, 0.25) is 0 Å². The van der Waals surface area contributed by atoms with Gasteiger partial charge in [0.15, 0.2) is 0 Å². The summed E-state index contributed by atoms with van der Waals surface area (Å²) in [7, 11) is 0. The van der Waals surface area contributed by atoms with Crippen molar-refractivity contribution >= 4 is 5.91 Å². The average molecular weight is 337 g/mol. The van der Waals surface area contributed by atoms with Crippen LogP contribution < -0.4 is 5.32 Å². The summed E-state index contributed by atoms with van der Waals surface area (Å²) in [6.07, 6.45) is 0. The van der Waals surface area contributed by atoms with Gasteiger partial charge in [-0.25, -0.2) is 8.78 Å². The molecule has 0 bridgehead atoms. The molecule has 0 fully saturated rings. The van der Waals surface area contributed by atoms with Crippen LogP contribution in [0.1, 0.15) is 33.1 Å². The van der Waals surface area contributed by atoms with E-state index in [1.807, 2.05) is 61.5 Å². The van der Waals surface area contributed by atoms with E-state index in [0.29, 0.717) is 0 Å². The molecule has 1 amide bonds. The number of aryl methyl sites for hydroxylation is 1.